The number of thiophene rings is 1. The molecule has 0 aliphatic carbocycles. The minimum Gasteiger partial charge on any atom is -0.346 e. The molecular formula is C17H15FN2O2S2. The molecular weight excluding hydrogens is 347 g/mol. The Morgan fingerprint density at radius 2 is 2.04 bits per heavy atom. The molecule has 24 heavy (non-hydrogen) atoms. The minimum atomic E-state index is -0.362. The molecule has 1 aromatic carbocycles. The zero-order valence-corrected chi connectivity index (χ0v) is 14.5. The Hall–Kier alpha value is -2.25. The Morgan fingerprint density at radius 1 is 1.25 bits per heavy atom. The number of carbonyl (C=O) groups is 1. The van der Waals surface area contributed by atoms with Crippen LogP contribution in [0.5, 0.6) is 0 Å². The molecule has 2 heterocycles. The Balaban J connectivity index is 1.80. The van der Waals surface area contributed by atoms with Gasteiger partial charge in [-0.3, -0.25) is 14.2 Å². The highest BCUT2D eigenvalue weighted by Gasteiger charge is 2.18. The Bertz CT molecular complexity index is 913. The van der Waals surface area contributed by atoms with Gasteiger partial charge in [0, 0.05) is 16.1 Å². The van der Waals surface area contributed by atoms with Crippen LogP contribution in [0.1, 0.15) is 25.8 Å². The van der Waals surface area contributed by atoms with E-state index < -0.39 is 0 Å². The predicted molar refractivity (Wildman–Crippen MR) is 94.3 cm³/mol. The lowest BCUT2D eigenvalue weighted by Gasteiger charge is -2.07. The van der Waals surface area contributed by atoms with Crippen molar-refractivity contribution in [2.75, 3.05) is 0 Å². The molecule has 0 saturated heterocycles. The van der Waals surface area contributed by atoms with Gasteiger partial charge >= 0.3 is 4.87 Å². The van der Waals surface area contributed by atoms with Crippen LogP contribution in [-0.2, 0) is 13.1 Å². The van der Waals surface area contributed by atoms with Crippen LogP contribution in [-0.4, -0.2) is 10.5 Å². The molecule has 0 aliphatic heterocycles. The fourth-order valence-corrected chi connectivity index (χ4v) is 3.88. The molecule has 0 fully saturated rings. The van der Waals surface area contributed by atoms with Gasteiger partial charge in [-0.05, 0) is 24.4 Å². The van der Waals surface area contributed by atoms with Crippen molar-refractivity contribution >= 4 is 28.6 Å². The van der Waals surface area contributed by atoms with E-state index in [1.807, 2.05) is 17.5 Å². The number of thiazole rings is 1. The lowest BCUT2D eigenvalue weighted by atomic mass is 10.2. The minimum absolute atomic E-state index is 0.117. The molecule has 2 aromatic heterocycles. The van der Waals surface area contributed by atoms with Crippen molar-refractivity contribution in [2.24, 2.45) is 0 Å². The molecule has 3 rings (SSSR count). The third-order valence-corrected chi connectivity index (χ3v) is 5.60. The number of benzene rings is 1. The second kappa shape index (κ2) is 7.11. The molecule has 0 unspecified atom stereocenters. The molecule has 7 heteroatoms. The molecule has 1 N–H and O–H groups in total. The van der Waals surface area contributed by atoms with Crippen molar-refractivity contribution in [1.82, 2.24) is 9.88 Å². The Labute approximate surface area is 146 Å². The smallest absolute Gasteiger partial charge is 0.308 e. The normalized spacial score (nSPS) is 10.8. The highest BCUT2D eigenvalue weighted by molar-refractivity contribution is 7.11. The molecule has 124 valence electrons. The first-order valence-corrected chi connectivity index (χ1v) is 9.00. The van der Waals surface area contributed by atoms with Crippen molar-refractivity contribution < 1.29 is 9.18 Å². The van der Waals surface area contributed by atoms with Gasteiger partial charge in [-0.1, -0.05) is 35.6 Å². The molecule has 0 atom stereocenters. The topological polar surface area (TPSA) is 51.1 Å². The Kier molecular flexibility index (Phi) is 4.92. The third kappa shape index (κ3) is 3.47. The fraction of sp³-hybridized carbons (Fsp3) is 0.176. The van der Waals surface area contributed by atoms with Crippen LogP contribution in [0.2, 0.25) is 0 Å². The quantitative estimate of drug-likeness (QED) is 0.756. The van der Waals surface area contributed by atoms with Gasteiger partial charge in [-0.15, -0.1) is 11.3 Å². The van der Waals surface area contributed by atoms with E-state index in [-0.39, 0.29) is 23.1 Å². The number of nitrogens with zero attached hydrogens (tertiary/aromatic N) is 1. The summed E-state index contributed by atoms with van der Waals surface area (Å²) in [7, 11) is 0. The van der Waals surface area contributed by atoms with Crippen LogP contribution in [0.15, 0.2) is 46.6 Å². The molecule has 1 amide bonds. The zero-order chi connectivity index (χ0) is 17.1. The number of rotatable bonds is 5. The Morgan fingerprint density at radius 3 is 2.75 bits per heavy atom. The van der Waals surface area contributed by atoms with Gasteiger partial charge in [0.1, 0.15) is 10.7 Å². The van der Waals surface area contributed by atoms with Gasteiger partial charge in [-0.25, -0.2) is 4.39 Å². The van der Waals surface area contributed by atoms with Gasteiger partial charge in [0.25, 0.3) is 5.91 Å². The monoisotopic (exact) mass is 362 g/mol. The molecule has 4 nitrogen and oxygen atoms in total. The summed E-state index contributed by atoms with van der Waals surface area (Å²) < 4.78 is 15.2. The zero-order valence-electron chi connectivity index (χ0n) is 12.9. The maximum Gasteiger partial charge on any atom is 0.308 e. The number of carbonyl (C=O) groups excluding carboxylic acids is 1. The summed E-state index contributed by atoms with van der Waals surface area (Å²) in [5.74, 6) is -0.644. The lowest BCUT2D eigenvalue weighted by Crippen LogP contribution is -2.22. The van der Waals surface area contributed by atoms with Crippen molar-refractivity contribution in [1.29, 1.82) is 0 Å². The number of halogens is 1. The number of aromatic nitrogens is 1. The van der Waals surface area contributed by atoms with E-state index in [2.05, 4.69) is 5.32 Å². The molecule has 0 spiro atoms. The average Bonchev–Trinajstić information content (AvgIpc) is 3.18. The first-order valence-electron chi connectivity index (χ1n) is 7.30. The highest BCUT2D eigenvalue weighted by Crippen LogP contribution is 2.16. The second-order valence-electron chi connectivity index (χ2n) is 5.22. The van der Waals surface area contributed by atoms with Crippen LogP contribution in [0, 0.1) is 12.7 Å². The fourth-order valence-electron chi connectivity index (χ4n) is 2.33. The average molecular weight is 362 g/mol. The predicted octanol–water partition coefficient (Wildman–Crippen LogP) is 3.40. The van der Waals surface area contributed by atoms with E-state index in [1.54, 1.807) is 36.5 Å². The molecule has 0 radical (unpaired) electrons. The van der Waals surface area contributed by atoms with Gasteiger partial charge in [0.15, 0.2) is 0 Å². The number of hydrogen-bond donors (Lipinski definition) is 1. The SMILES string of the molecule is Cc1c(C(=O)NCc2cccs2)sc(=O)n1Cc1ccccc1F. The molecule has 3 aromatic rings. The van der Waals surface area contributed by atoms with Crippen LogP contribution in [0.25, 0.3) is 0 Å². The summed E-state index contributed by atoms with van der Waals surface area (Å²) in [5, 5.41) is 4.75. The summed E-state index contributed by atoms with van der Waals surface area (Å²) in [6.07, 6.45) is 0. The van der Waals surface area contributed by atoms with Gasteiger partial charge in [0.2, 0.25) is 0 Å². The standard InChI is InChI=1S/C17H15FN2O2S2/c1-11-15(16(21)19-9-13-6-4-8-23-13)24-17(22)20(11)10-12-5-2-3-7-14(12)18/h2-8H,9-10H2,1H3,(H,19,21). The van der Waals surface area contributed by atoms with E-state index in [1.165, 1.54) is 10.6 Å². The van der Waals surface area contributed by atoms with E-state index in [9.17, 15) is 14.0 Å². The van der Waals surface area contributed by atoms with Crippen molar-refractivity contribution in [2.45, 2.75) is 20.0 Å². The van der Waals surface area contributed by atoms with Crippen molar-refractivity contribution in [3.8, 4) is 0 Å². The first kappa shape index (κ1) is 16.6. The van der Waals surface area contributed by atoms with E-state index in [0.29, 0.717) is 22.7 Å². The summed E-state index contributed by atoms with van der Waals surface area (Å²) >= 11 is 2.44. The number of amides is 1. The van der Waals surface area contributed by atoms with Gasteiger partial charge in [0.05, 0.1) is 13.1 Å². The van der Waals surface area contributed by atoms with Crippen LogP contribution in [0.4, 0.5) is 4.39 Å². The summed E-state index contributed by atoms with van der Waals surface area (Å²) in [5.41, 5.74) is 0.975. The van der Waals surface area contributed by atoms with Crippen molar-refractivity contribution in [3.63, 3.8) is 0 Å². The molecule has 0 saturated carbocycles. The first-order chi connectivity index (χ1) is 11.6. The maximum atomic E-state index is 13.8. The second-order valence-corrected chi connectivity index (χ2v) is 7.22. The van der Waals surface area contributed by atoms with E-state index in [4.69, 9.17) is 0 Å². The highest BCUT2D eigenvalue weighted by atomic mass is 32.1. The number of hydrogen-bond acceptors (Lipinski definition) is 4. The molecule has 0 bridgehead atoms. The summed E-state index contributed by atoms with van der Waals surface area (Å²) in [6.45, 7) is 2.25. The van der Waals surface area contributed by atoms with Crippen LogP contribution < -0.4 is 10.2 Å². The number of nitrogens with one attached hydrogen (secondary N) is 1. The lowest BCUT2D eigenvalue weighted by molar-refractivity contribution is 0.0954. The summed E-state index contributed by atoms with van der Waals surface area (Å²) in [4.78, 5) is 25.7. The van der Waals surface area contributed by atoms with E-state index >= 15 is 0 Å². The van der Waals surface area contributed by atoms with Crippen LogP contribution in [0.3, 0.4) is 0 Å². The van der Waals surface area contributed by atoms with E-state index in [0.717, 1.165) is 16.2 Å². The third-order valence-electron chi connectivity index (χ3n) is 3.64. The maximum absolute atomic E-state index is 13.8. The largest absolute Gasteiger partial charge is 0.346 e. The van der Waals surface area contributed by atoms with Gasteiger partial charge in [-0.2, -0.15) is 0 Å². The molecule has 0 aliphatic rings. The van der Waals surface area contributed by atoms with Crippen molar-refractivity contribution in [3.05, 3.63) is 78.3 Å². The summed E-state index contributed by atoms with van der Waals surface area (Å²) in [6, 6.07) is 10.2. The van der Waals surface area contributed by atoms with Gasteiger partial charge < -0.3 is 5.32 Å². The van der Waals surface area contributed by atoms with Crippen LogP contribution >= 0.6 is 22.7 Å².